The van der Waals surface area contributed by atoms with Gasteiger partial charge in [-0.3, -0.25) is 0 Å². The molecule has 0 radical (unpaired) electrons. The maximum atomic E-state index is 5.45. The first-order valence-corrected chi connectivity index (χ1v) is 6.19. The van der Waals surface area contributed by atoms with Crippen LogP contribution < -0.4 is 10.1 Å². The van der Waals surface area contributed by atoms with E-state index in [2.05, 4.69) is 40.3 Å². The van der Waals surface area contributed by atoms with Gasteiger partial charge >= 0.3 is 0 Å². The third-order valence-corrected chi connectivity index (χ3v) is 2.67. The predicted octanol–water partition coefficient (Wildman–Crippen LogP) is 3.77. The summed E-state index contributed by atoms with van der Waals surface area (Å²) in [5.74, 6) is 0.914. The van der Waals surface area contributed by atoms with Crippen molar-refractivity contribution in [3.63, 3.8) is 0 Å². The van der Waals surface area contributed by atoms with Crippen LogP contribution in [0.5, 0.6) is 5.75 Å². The minimum Gasteiger partial charge on any atom is -0.493 e. The molecule has 0 saturated heterocycles. The predicted molar refractivity (Wildman–Crippen MR) is 74.6 cm³/mol. The fourth-order valence-electron chi connectivity index (χ4n) is 1.34. The molecule has 0 aliphatic carbocycles. The first-order valence-electron chi connectivity index (χ1n) is 5.39. The Bertz CT molecular complexity index is 307. The molecule has 16 heavy (non-hydrogen) atoms. The zero-order valence-corrected chi connectivity index (χ0v) is 12.2. The highest BCUT2D eigenvalue weighted by Gasteiger charge is 2.01. The molecule has 2 nitrogen and oxygen atoms in total. The van der Waals surface area contributed by atoms with Gasteiger partial charge in [-0.25, -0.2) is 0 Å². The van der Waals surface area contributed by atoms with Crippen molar-refractivity contribution < 1.29 is 4.74 Å². The lowest BCUT2D eigenvalue weighted by atomic mass is 10.2. The second-order valence-corrected chi connectivity index (χ2v) is 4.23. The molecule has 0 fully saturated rings. The lowest BCUT2D eigenvalue weighted by Gasteiger charge is -2.08. The Hall–Kier alpha value is -0.250. The van der Waals surface area contributed by atoms with Crippen molar-refractivity contribution >= 4 is 28.3 Å². The van der Waals surface area contributed by atoms with E-state index in [0.29, 0.717) is 6.61 Å². The lowest BCUT2D eigenvalue weighted by molar-refractivity contribution is 0.338. The first kappa shape index (κ1) is 15.8. The average Bonchev–Trinajstić information content (AvgIpc) is 2.23. The molecule has 0 saturated carbocycles. The normalized spacial score (nSPS) is 9.69. The van der Waals surface area contributed by atoms with Crippen LogP contribution in [0.4, 0.5) is 0 Å². The number of ether oxygens (including phenoxy) is 1. The molecular formula is C12H19BrClNO. The third kappa shape index (κ3) is 5.19. The van der Waals surface area contributed by atoms with Crippen LogP contribution in [0.15, 0.2) is 22.7 Å². The summed E-state index contributed by atoms with van der Waals surface area (Å²) in [4.78, 5) is 0. The molecule has 0 aromatic heterocycles. The van der Waals surface area contributed by atoms with Crippen LogP contribution in [0, 0.1) is 0 Å². The zero-order chi connectivity index (χ0) is 11.1. The molecular weight excluding hydrogens is 289 g/mol. The summed E-state index contributed by atoms with van der Waals surface area (Å²) in [6.45, 7) is 6.83. The van der Waals surface area contributed by atoms with Crippen LogP contribution in [0.2, 0.25) is 0 Å². The molecule has 1 aromatic carbocycles. The summed E-state index contributed by atoms with van der Waals surface area (Å²) >= 11 is 3.50. The van der Waals surface area contributed by atoms with Crippen LogP contribution in [-0.2, 0) is 6.54 Å². The number of hydrogen-bond acceptors (Lipinski definition) is 2. The molecule has 0 aliphatic rings. The van der Waals surface area contributed by atoms with Gasteiger partial charge < -0.3 is 10.1 Å². The van der Waals surface area contributed by atoms with E-state index in [4.69, 9.17) is 4.74 Å². The number of halogens is 2. The summed E-state index contributed by atoms with van der Waals surface area (Å²) in [6, 6.07) is 6.21. The number of rotatable bonds is 6. The van der Waals surface area contributed by atoms with Gasteiger partial charge in [0.15, 0.2) is 0 Å². The average molecular weight is 309 g/mol. The van der Waals surface area contributed by atoms with E-state index in [-0.39, 0.29) is 12.4 Å². The second-order valence-electron chi connectivity index (χ2n) is 3.37. The van der Waals surface area contributed by atoms with Gasteiger partial charge in [0.2, 0.25) is 0 Å². The molecule has 0 atom stereocenters. The van der Waals surface area contributed by atoms with Crippen molar-refractivity contribution in [2.24, 2.45) is 0 Å². The van der Waals surface area contributed by atoms with Crippen molar-refractivity contribution in [1.29, 1.82) is 0 Å². The summed E-state index contributed by atoms with van der Waals surface area (Å²) in [7, 11) is 0. The van der Waals surface area contributed by atoms with Crippen LogP contribution >= 0.6 is 28.3 Å². The van der Waals surface area contributed by atoms with Gasteiger partial charge in [-0.15, -0.1) is 12.4 Å². The fraction of sp³-hybridized carbons (Fsp3) is 0.500. The highest BCUT2D eigenvalue weighted by atomic mass is 79.9. The Morgan fingerprint density at radius 1 is 1.31 bits per heavy atom. The largest absolute Gasteiger partial charge is 0.493 e. The molecule has 0 spiro atoms. The van der Waals surface area contributed by atoms with Gasteiger partial charge in [0, 0.05) is 6.54 Å². The van der Waals surface area contributed by atoms with Gasteiger partial charge in [0.1, 0.15) is 5.75 Å². The molecule has 92 valence electrons. The smallest absolute Gasteiger partial charge is 0.133 e. The number of nitrogens with one attached hydrogen (secondary N) is 1. The van der Waals surface area contributed by atoms with E-state index in [1.54, 1.807) is 0 Å². The van der Waals surface area contributed by atoms with E-state index in [9.17, 15) is 0 Å². The molecule has 0 aliphatic heterocycles. The molecule has 0 unspecified atom stereocenters. The van der Waals surface area contributed by atoms with Crippen molar-refractivity contribution in [3.8, 4) is 5.75 Å². The molecule has 0 heterocycles. The number of hydrogen-bond donors (Lipinski definition) is 1. The van der Waals surface area contributed by atoms with E-state index in [1.165, 1.54) is 5.56 Å². The summed E-state index contributed by atoms with van der Waals surface area (Å²) < 4.78 is 6.48. The summed E-state index contributed by atoms with van der Waals surface area (Å²) in [5, 5.41) is 3.37. The van der Waals surface area contributed by atoms with Crippen LogP contribution in [-0.4, -0.2) is 13.2 Å². The quantitative estimate of drug-likeness (QED) is 0.808. The van der Waals surface area contributed by atoms with E-state index in [1.807, 2.05) is 13.0 Å². The number of benzene rings is 1. The Balaban J connectivity index is 0.00000225. The van der Waals surface area contributed by atoms with Gasteiger partial charge in [0.25, 0.3) is 0 Å². The Morgan fingerprint density at radius 2 is 2.06 bits per heavy atom. The molecule has 1 rings (SSSR count). The van der Waals surface area contributed by atoms with Crippen LogP contribution in [0.3, 0.4) is 0 Å². The Labute approximate surface area is 112 Å². The molecule has 0 bridgehead atoms. The van der Waals surface area contributed by atoms with Gasteiger partial charge in [-0.1, -0.05) is 13.0 Å². The topological polar surface area (TPSA) is 21.3 Å². The minimum absolute atomic E-state index is 0. The monoisotopic (exact) mass is 307 g/mol. The molecule has 0 amide bonds. The van der Waals surface area contributed by atoms with Crippen molar-refractivity contribution in [1.82, 2.24) is 5.32 Å². The lowest BCUT2D eigenvalue weighted by Crippen LogP contribution is -2.13. The Morgan fingerprint density at radius 3 is 2.62 bits per heavy atom. The van der Waals surface area contributed by atoms with Crippen LogP contribution in [0.25, 0.3) is 0 Å². The van der Waals surface area contributed by atoms with Crippen LogP contribution in [0.1, 0.15) is 25.8 Å². The highest BCUT2D eigenvalue weighted by molar-refractivity contribution is 9.10. The summed E-state index contributed by atoms with van der Waals surface area (Å²) in [5.41, 5.74) is 1.28. The van der Waals surface area contributed by atoms with Crippen molar-refractivity contribution in [2.75, 3.05) is 13.2 Å². The maximum absolute atomic E-state index is 5.45. The van der Waals surface area contributed by atoms with Gasteiger partial charge in [0.05, 0.1) is 11.1 Å². The van der Waals surface area contributed by atoms with Gasteiger partial charge in [-0.2, -0.15) is 0 Å². The standard InChI is InChI=1S/C12H18BrNO.ClH/c1-3-7-14-9-10-5-6-12(15-4-2)11(13)8-10;/h5-6,8,14H,3-4,7,9H2,1-2H3;1H. The van der Waals surface area contributed by atoms with Crippen molar-refractivity contribution in [3.05, 3.63) is 28.2 Å². The van der Waals surface area contributed by atoms with Crippen molar-refractivity contribution in [2.45, 2.75) is 26.8 Å². The molecule has 4 heteroatoms. The minimum atomic E-state index is 0. The maximum Gasteiger partial charge on any atom is 0.133 e. The molecule has 1 N–H and O–H groups in total. The molecule has 1 aromatic rings. The van der Waals surface area contributed by atoms with E-state index in [0.717, 1.165) is 29.7 Å². The van der Waals surface area contributed by atoms with E-state index >= 15 is 0 Å². The zero-order valence-electron chi connectivity index (χ0n) is 9.75. The Kier molecular flexibility index (Phi) is 8.71. The second kappa shape index (κ2) is 8.85. The highest BCUT2D eigenvalue weighted by Crippen LogP contribution is 2.25. The van der Waals surface area contributed by atoms with E-state index < -0.39 is 0 Å². The SMILES string of the molecule is CCCNCc1ccc(OCC)c(Br)c1.Cl. The fourth-order valence-corrected chi connectivity index (χ4v) is 1.88. The van der Waals surface area contributed by atoms with Gasteiger partial charge in [-0.05, 0) is 53.5 Å². The summed E-state index contributed by atoms with van der Waals surface area (Å²) in [6.07, 6.45) is 1.16. The first-order chi connectivity index (χ1) is 7.27. The third-order valence-electron chi connectivity index (χ3n) is 2.05.